The molecule has 0 aromatic carbocycles. The van der Waals surface area contributed by atoms with Gasteiger partial charge >= 0.3 is 5.92 Å². The van der Waals surface area contributed by atoms with Crippen LogP contribution in [0, 0.1) is 0 Å². The molecule has 0 aliphatic rings. The first-order valence-electron chi connectivity index (χ1n) is 6.89. The van der Waals surface area contributed by atoms with E-state index < -0.39 is 23.4 Å². The Hall–Kier alpha value is -1.39. The molecule has 0 aliphatic carbocycles. The number of aliphatic hydroxyl groups excluding tert-OH is 1. The monoisotopic (exact) mass is 390 g/mol. The lowest BCUT2D eigenvalue weighted by atomic mass is 10.1. The minimum atomic E-state index is -3.46. The molecule has 4 N–H and O–H groups in total. The topological polar surface area (TPSA) is 84.1 Å². The van der Waals surface area contributed by atoms with Gasteiger partial charge in [-0.2, -0.15) is 13.9 Å². The van der Waals surface area contributed by atoms with E-state index in [1.807, 2.05) is 17.5 Å². The summed E-state index contributed by atoms with van der Waals surface area (Å²) in [6, 6.07) is 2.16. The van der Waals surface area contributed by atoms with Gasteiger partial charge in [-0.15, -0.1) is 27.8 Å². The predicted molar refractivity (Wildman–Crippen MR) is 93.0 cm³/mol. The number of nitrogens with one attached hydrogen (secondary N) is 1. The summed E-state index contributed by atoms with van der Waals surface area (Å²) < 4.78 is 29.2. The number of nitrogens with two attached hydrogens (primary N) is 1. The average molecular weight is 391 g/mol. The summed E-state index contributed by atoms with van der Waals surface area (Å²) in [5, 5.41) is 21.6. The molecule has 0 spiro atoms. The van der Waals surface area contributed by atoms with Crippen LogP contribution >= 0.6 is 34.3 Å². The molecule has 3 rings (SSSR count). The van der Waals surface area contributed by atoms with Crippen molar-refractivity contribution in [3.63, 3.8) is 0 Å². The summed E-state index contributed by atoms with van der Waals surface area (Å²) in [6.45, 7) is -0.317. The van der Waals surface area contributed by atoms with Gasteiger partial charge in [0.05, 0.1) is 39.1 Å². The van der Waals surface area contributed by atoms with Gasteiger partial charge in [0.2, 0.25) is 0 Å². The lowest BCUT2D eigenvalue weighted by Gasteiger charge is -2.20. The Morgan fingerprint density at radius 3 is 2.92 bits per heavy atom. The predicted octanol–water partition coefficient (Wildman–Crippen LogP) is 3.43. The highest BCUT2D eigenvalue weighted by Crippen LogP contribution is 2.46. The van der Waals surface area contributed by atoms with E-state index in [9.17, 15) is 8.78 Å². The minimum absolute atomic E-state index is 0.184. The maximum atomic E-state index is 14.4. The maximum Gasteiger partial charge on any atom is 0.300 e. The van der Waals surface area contributed by atoms with Gasteiger partial charge in [-0.05, 0) is 11.4 Å². The Balaban J connectivity index is 1.99. The fraction of sp³-hybridized carbons (Fsp3) is 0.286. The van der Waals surface area contributed by atoms with Crippen LogP contribution in [0.3, 0.4) is 0 Å². The number of rotatable bonds is 6. The number of nitrogens with zero attached hydrogens (tertiary/aromatic N) is 2. The van der Waals surface area contributed by atoms with Crippen LogP contribution in [0.25, 0.3) is 10.2 Å². The smallest absolute Gasteiger partial charge is 0.300 e. The van der Waals surface area contributed by atoms with Crippen molar-refractivity contribution >= 4 is 50.2 Å². The summed E-state index contributed by atoms with van der Waals surface area (Å²) in [6.07, 6.45) is 1.47. The van der Waals surface area contributed by atoms with Crippen LogP contribution in [0.2, 0.25) is 5.02 Å². The molecule has 3 heterocycles. The van der Waals surface area contributed by atoms with Crippen molar-refractivity contribution in [1.29, 1.82) is 0 Å². The van der Waals surface area contributed by atoms with Crippen LogP contribution in [0.5, 0.6) is 0 Å². The van der Waals surface area contributed by atoms with Crippen LogP contribution in [-0.2, 0) is 12.5 Å². The summed E-state index contributed by atoms with van der Waals surface area (Å²) in [5.41, 5.74) is 6.09. The van der Waals surface area contributed by atoms with Crippen molar-refractivity contribution in [3.8, 4) is 0 Å². The van der Waals surface area contributed by atoms with E-state index in [2.05, 4.69) is 15.5 Å². The van der Waals surface area contributed by atoms with Crippen LogP contribution < -0.4 is 11.1 Å². The van der Waals surface area contributed by atoms with E-state index in [-0.39, 0.29) is 10.5 Å². The molecule has 24 heavy (non-hydrogen) atoms. The van der Waals surface area contributed by atoms with E-state index >= 15 is 0 Å². The normalized spacial score (nSPS) is 13.4. The van der Waals surface area contributed by atoms with E-state index in [1.165, 1.54) is 6.20 Å². The number of thiophene rings is 2. The third-order valence-electron chi connectivity index (χ3n) is 3.41. The van der Waals surface area contributed by atoms with E-state index in [1.54, 1.807) is 11.3 Å². The summed E-state index contributed by atoms with van der Waals surface area (Å²) in [5.74, 6) is -3.46. The Labute approximate surface area is 149 Å². The van der Waals surface area contributed by atoms with Crippen molar-refractivity contribution < 1.29 is 13.9 Å². The van der Waals surface area contributed by atoms with Crippen molar-refractivity contribution in [3.05, 3.63) is 38.5 Å². The van der Waals surface area contributed by atoms with Gasteiger partial charge in [-0.3, -0.25) is 0 Å². The quantitative estimate of drug-likeness (QED) is 0.600. The van der Waals surface area contributed by atoms with Gasteiger partial charge < -0.3 is 16.2 Å². The maximum absolute atomic E-state index is 14.4. The second kappa shape index (κ2) is 6.85. The van der Waals surface area contributed by atoms with Crippen molar-refractivity contribution in [2.75, 3.05) is 11.9 Å². The fourth-order valence-corrected chi connectivity index (χ4v) is 4.32. The number of hydrogen-bond donors (Lipinski definition) is 3. The molecular formula is C14H13ClF2N4OS2. The number of hydrogen-bond acceptors (Lipinski definition) is 7. The lowest BCUT2D eigenvalue weighted by molar-refractivity contribution is -0.0428. The molecule has 0 aliphatic heterocycles. The molecule has 3 aromatic heterocycles. The second-order valence-corrected chi connectivity index (χ2v) is 7.46. The van der Waals surface area contributed by atoms with Crippen LogP contribution in [0.4, 0.5) is 14.5 Å². The molecule has 5 nitrogen and oxygen atoms in total. The van der Waals surface area contributed by atoms with Gasteiger partial charge in [0, 0.05) is 11.4 Å². The molecular weight excluding hydrogens is 378 g/mol. The highest BCUT2D eigenvalue weighted by atomic mass is 35.5. The SMILES string of the molecule is N[C@@H](CO)C(F)(F)c1sc2c(NCc3cccs3)cnnc2c1Cl. The molecule has 0 saturated carbocycles. The molecule has 128 valence electrons. The van der Waals surface area contributed by atoms with Gasteiger partial charge in [0.1, 0.15) is 5.52 Å². The van der Waals surface area contributed by atoms with Gasteiger partial charge in [0.25, 0.3) is 0 Å². The molecule has 1 atom stereocenters. The first-order chi connectivity index (χ1) is 11.4. The van der Waals surface area contributed by atoms with Gasteiger partial charge in [-0.1, -0.05) is 17.7 Å². The number of aliphatic hydroxyl groups is 1. The average Bonchev–Trinajstić information content (AvgIpc) is 3.20. The van der Waals surface area contributed by atoms with Crippen LogP contribution in [-0.4, -0.2) is 28.0 Å². The van der Waals surface area contributed by atoms with Crippen LogP contribution in [0.1, 0.15) is 9.75 Å². The number of aromatic nitrogens is 2. The number of fused-ring (bicyclic) bond motifs is 1. The van der Waals surface area contributed by atoms with Crippen molar-refractivity contribution in [2.24, 2.45) is 5.73 Å². The van der Waals surface area contributed by atoms with Crippen LogP contribution in [0.15, 0.2) is 23.7 Å². The zero-order chi connectivity index (χ0) is 17.3. The molecule has 0 radical (unpaired) electrons. The van der Waals surface area contributed by atoms with Crippen molar-refractivity contribution in [2.45, 2.75) is 18.5 Å². The third kappa shape index (κ3) is 3.09. The third-order valence-corrected chi connectivity index (χ3v) is 6.07. The van der Waals surface area contributed by atoms with Crippen molar-refractivity contribution in [1.82, 2.24) is 10.2 Å². The Morgan fingerprint density at radius 2 is 2.25 bits per heavy atom. The number of halogens is 3. The molecule has 0 fully saturated rings. The zero-order valence-electron chi connectivity index (χ0n) is 12.2. The Morgan fingerprint density at radius 1 is 1.46 bits per heavy atom. The molecule has 3 aromatic rings. The first kappa shape index (κ1) is 17.4. The lowest BCUT2D eigenvalue weighted by Crippen LogP contribution is -2.41. The standard InChI is InChI=1S/C14H13ClF2N4OS2/c15-10-11-12(24-13(10)14(16,17)9(18)6-22)8(5-20-21-11)19-4-7-2-1-3-23-7/h1-3,5,9,22H,4,6,18H2,(H,19,21)/t9-/m0/s1. The fourth-order valence-electron chi connectivity index (χ4n) is 2.10. The minimum Gasteiger partial charge on any atom is -0.395 e. The molecule has 0 saturated heterocycles. The summed E-state index contributed by atoms with van der Waals surface area (Å²) in [7, 11) is 0. The second-order valence-electron chi connectivity index (χ2n) is 5.03. The number of anilines is 1. The molecule has 0 unspecified atom stereocenters. The number of alkyl halides is 2. The molecule has 10 heteroatoms. The van der Waals surface area contributed by atoms with E-state index in [4.69, 9.17) is 22.4 Å². The Bertz CT molecular complexity index is 841. The van der Waals surface area contributed by atoms with E-state index in [0.29, 0.717) is 16.9 Å². The summed E-state index contributed by atoms with van der Waals surface area (Å²) in [4.78, 5) is 0.677. The van der Waals surface area contributed by atoms with Gasteiger partial charge in [-0.25, -0.2) is 0 Å². The summed E-state index contributed by atoms with van der Waals surface area (Å²) >= 11 is 8.46. The molecule has 0 amide bonds. The zero-order valence-corrected chi connectivity index (χ0v) is 14.6. The van der Waals surface area contributed by atoms with Gasteiger partial charge in [0.15, 0.2) is 0 Å². The highest BCUT2D eigenvalue weighted by Gasteiger charge is 2.43. The first-order valence-corrected chi connectivity index (χ1v) is 8.97. The molecule has 0 bridgehead atoms. The van der Waals surface area contributed by atoms with E-state index in [0.717, 1.165) is 16.2 Å². The largest absolute Gasteiger partial charge is 0.395 e. The highest BCUT2D eigenvalue weighted by molar-refractivity contribution is 7.20. The Kier molecular flexibility index (Phi) is 4.97.